The molecule has 0 aliphatic carbocycles. The van der Waals surface area contributed by atoms with E-state index in [4.69, 9.17) is 34.8 Å². The van der Waals surface area contributed by atoms with Crippen LogP contribution in [0.5, 0.6) is 0 Å². The van der Waals surface area contributed by atoms with E-state index in [0.717, 1.165) is 0 Å². The Morgan fingerprint density at radius 3 is 2.60 bits per heavy atom. The monoisotopic (exact) mass is 353 g/mol. The van der Waals surface area contributed by atoms with Gasteiger partial charge in [-0.1, -0.05) is 29.3 Å². The smallest absolute Gasteiger partial charge is 0.0595 e. The normalized spacial score (nSPS) is 33.0. The van der Waals surface area contributed by atoms with Crippen LogP contribution in [-0.2, 0) is 0 Å². The molecule has 4 atom stereocenters. The number of halogens is 4. The summed E-state index contributed by atoms with van der Waals surface area (Å²) in [6.45, 7) is 0. The molecule has 5 heteroatoms. The zero-order chi connectivity index (χ0) is 13.6. The van der Waals surface area contributed by atoms with Crippen molar-refractivity contribution in [2.24, 2.45) is 5.92 Å². The van der Waals surface area contributed by atoms with Crippen LogP contribution >= 0.6 is 47.2 Å². The maximum atomic E-state index is 6.27. The highest BCUT2D eigenvalue weighted by atomic mass is 35.5. The topological polar surface area (TPSA) is 3.24 Å². The molecule has 3 rings (SSSR count). The van der Waals surface area contributed by atoms with Gasteiger partial charge in [0.15, 0.2) is 0 Å². The van der Waals surface area contributed by atoms with E-state index in [9.17, 15) is 0 Å². The average Bonchev–Trinajstić information content (AvgIpc) is 2.65. The SMILES string of the molecule is CN1C2CC[C@@H]1[C@H](CCl)[C@@H](c1ccc(Cl)c(Cl)c1)C2.Cl. The number of benzene rings is 1. The first-order chi connectivity index (χ1) is 9.11. The summed E-state index contributed by atoms with van der Waals surface area (Å²) in [5.74, 6) is 1.75. The van der Waals surface area contributed by atoms with Gasteiger partial charge in [-0.2, -0.15) is 0 Å². The van der Waals surface area contributed by atoms with Gasteiger partial charge in [0, 0.05) is 18.0 Å². The number of rotatable bonds is 2. The number of piperidine rings is 1. The molecule has 0 spiro atoms. The molecule has 20 heavy (non-hydrogen) atoms. The van der Waals surface area contributed by atoms with Crippen LogP contribution in [0.15, 0.2) is 18.2 Å². The molecule has 0 radical (unpaired) electrons. The van der Waals surface area contributed by atoms with E-state index in [1.54, 1.807) is 0 Å². The van der Waals surface area contributed by atoms with E-state index in [1.165, 1.54) is 24.8 Å². The van der Waals surface area contributed by atoms with E-state index >= 15 is 0 Å². The summed E-state index contributed by atoms with van der Waals surface area (Å²) in [7, 11) is 2.24. The first-order valence-electron chi connectivity index (χ1n) is 6.84. The molecule has 0 saturated carbocycles. The van der Waals surface area contributed by atoms with Gasteiger partial charge in [0.25, 0.3) is 0 Å². The Kier molecular flexibility index (Phi) is 5.53. The molecule has 112 valence electrons. The lowest BCUT2D eigenvalue weighted by Crippen LogP contribution is -2.46. The minimum absolute atomic E-state index is 0. The highest BCUT2D eigenvalue weighted by Gasteiger charge is 2.45. The molecule has 1 aromatic rings. The predicted octanol–water partition coefficient (Wildman–Crippen LogP) is 5.22. The van der Waals surface area contributed by atoms with E-state index in [1.807, 2.05) is 12.1 Å². The lowest BCUT2D eigenvalue weighted by atomic mass is 9.77. The van der Waals surface area contributed by atoms with Crippen molar-refractivity contribution >= 4 is 47.2 Å². The molecule has 0 amide bonds. The number of nitrogens with zero attached hydrogens (tertiary/aromatic N) is 1. The lowest BCUT2D eigenvalue weighted by Gasteiger charge is -2.42. The van der Waals surface area contributed by atoms with Crippen LogP contribution in [0.4, 0.5) is 0 Å². The molecule has 2 aliphatic rings. The Hall–Kier alpha value is 0.340. The molecule has 2 saturated heterocycles. The third kappa shape index (κ3) is 2.80. The number of hydrogen-bond donors (Lipinski definition) is 0. The van der Waals surface area contributed by atoms with E-state index in [-0.39, 0.29) is 12.4 Å². The summed E-state index contributed by atoms with van der Waals surface area (Å²) in [5.41, 5.74) is 1.30. The van der Waals surface area contributed by atoms with Crippen molar-refractivity contribution in [3.63, 3.8) is 0 Å². The molecule has 1 unspecified atom stereocenters. The fourth-order valence-electron chi connectivity index (χ4n) is 3.91. The van der Waals surface area contributed by atoms with Crippen LogP contribution in [0, 0.1) is 5.92 Å². The number of alkyl halides is 1. The molecule has 2 aliphatic heterocycles. The summed E-state index contributed by atoms with van der Waals surface area (Å²) in [6, 6.07) is 7.37. The molecule has 2 heterocycles. The first kappa shape index (κ1) is 16.7. The van der Waals surface area contributed by atoms with Crippen LogP contribution in [0.3, 0.4) is 0 Å². The predicted molar refractivity (Wildman–Crippen MR) is 89.9 cm³/mol. The van der Waals surface area contributed by atoms with Gasteiger partial charge >= 0.3 is 0 Å². The summed E-state index contributed by atoms with van der Waals surface area (Å²) in [5, 5.41) is 1.28. The maximum absolute atomic E-state index is 6.27. The van der Waals surface area contributed by atoms with Gasteiger partial charge in [-0.05, 0) is 55.8 Å². The second kappa shape index (κ2) is 6.62. The standard InChI is InChI=1S/C15H18Cl3N.ClH/c1-19-10-3-5-15(19)12(8-16)11(7-10)9-2-4-13(17)14(18)6-9;/h2,4,6,10-12,15H,3,5,7-8H2,1H3;1H/t10?,11-,12-,15-;/m1./s1. The van der Waals surface area contributed by atoms with Crippen molar-refractivity contribution in [1.82, 2.24) is 4.90 Å². The highest BCUT2D eigenvalue weighted by Crippen LogP contribution is 2.47. The minimum Gasteiger partial charge on any atom is -0.300 e. The van der Waals surface area contributed by atoms with Crippen LogP contribution < -0.4 is 0 Å². The van der Waals surface area contributed by atoms with Gasteiger partial charge in [0.05, 0.1) is 10.0 Å². The van der Waals surface area contributed by atoms with Crippen LogP contribution in [-0.4, -0.2) is 29.9 Å². The quantitative estimate of drug-likeness (QED) is 0.658. The zero-order valence-electron chi connectivity index (χ0n) is 11.4. The van der Waals surface area contributed by atoms with Gasteiger partial charge in [-0.15, -0.1) is 24.0 Å². The largest absolute Gasteiger partial charge is 0.300 e. The highest BCUT2D eigenvalue weighted by molar-refractivity contribution is 6.42. The van der Waals surface area contributed by atoms with Gasteiger partial charge in [0.2, 0.25) is 0 Å². The number of hydrogen-bond acceptors (Lipinski definition) is 1. The molecule has 0 aromatic heterocycles. The maximum Gasteiger partial charge on any atom is 0.0595 e. The molecule has 1 nitrogen and oxygen atoms in total. The fourth-order valence-corrected chi connectivity index (χ4v) is 4.64. The van der Waals surface area contributed by atoms with Gasteiger partial charge in [-0.25, -0.2) is 0 Å². The minimum atomic E-state index is 0. The van der Waals surface area contributed by atoms with Crippen LogP contribution in [0.1, 0.15) is 30.7 Å². The summed E-state index contributed by atoms with van der Waals surface area (Å²) in [6.07, 6.45) is 3.76. The van der Waals surface area contributed by atoms with Crippen LogP contribution in [0.25, 0.3) is 0 Å². The van der Waals surface area contributed by atoms with Crippen LogP contribution in [0.2, 0.25) is 10.0 Å². The van der Waals surface area contributed by atoms with Crippen molar-refractivity contribution in [3.05, 3.63) is 33.8 Å². The third-order valence-electron chi connectivity index (χ3n) is 4.98. The second-order valence-electron chi connectivity index (χ2n) is 5.80. The van der Waals surface area contributed by atoms with E-state index < -0.39 is 0 Å². The second-order valence-corrected chi connectivity index (χ2v) is 6.92. The molecule has 0 N–H and O–H groups in total. The molecule has 2 fully saturated rings. The fraction of sp³-hybridized carbons (Fsp3) is 0.600. The van der Waals surface area contributed by atoms with Crippen molar-refractivity contribution in [2.75, 3.05) is 12.9 Å². The molecular weight excluding hydrogens is 336 g/mol. The van der Waals surface area contributed by atoms with Gasteiger partial charge in [0.1, 0.15) is 0 Å². The van der Waals surface area contributed by atoms with Crippen molar-refractivity contribution in [2.45, 2.75) is 37.3 Å². The first-order valence-corrected chi connectivity index (χ1v) is 8.13. The van der Waals surface area contributed by atoms with Crippen molar-refractivity contribution in [1.29, 1.82) is 0 Å². The molecule has 2 bridgehead atoms. The number of fused-ring (bicyclic) bond motifs is 2. The van der Waals surface area contributed by atoms with Crippen molar-refractivity contribution in [3.8, 4) is 0 Å². The Balaban J connectivity index is 0.00000147. The molecule has 1 aromatic carbocycles. The average molecular weight is 355 g/mol. The Morgan fingerprint density at radius 1 is 1.20 bits per heavy atom. The summed E-state index contributed by atoms with van der Waals surface area (Å²) < 4.78 is 0. The molecular formula is C15H19Cl4N. The van der Waals surface area contributed by atoms with Gasteiger partial charge < -0.3 is 4.90 Å². The van der Waals surface area contributed by atoms with E-state index in [0.29, 0.717) is 39.8 Å². The summed E-state index contributed by atoms with van der Waals surface area (Å²) in [4.78, 5) is 2.53. The Labute approximate surface area is 142 Å². The summed E-state index contributed by atoms with van der Waals surface area (Å²) >= 11 is 18.4. The Bertz CT molecular complexity index is 479. The third-order valence-corrected chi connectivity index (χ3v) is 6.08. The Morgan fingerprint density at radius 2 is 1.95 bits per heavy atom. The van der Waals surface area contributed by atoms with E-state index in [2.05, 4.69) is 18.0 Å². The lowest BCUT2D eigenvalue weighted by molar-refractivity contribution is 0.111. The van der Waals surface area contributed by atoms with Crippen molar-refractivity contribution < 1.29 is 0 Å². The van der Waals surface area contributed by atoms with Gasteiger partial charge in [-0.3, -0.25) is 0 Å². The zero-order valence-corrected chi connectivity index (χ0v) is 14.4.